The van der Waals surface area contributed by atoms with Crippen molar-refractivity contribution in [3.63, 3.8) is 0 Å². The van der Waals surface area contributed by atoms with Crippen LogP contribution in [0.4, 0.5) is 0 Å². The topological polar surface area (TPSA) is 104 Å². The van der Waals surface area contributed by atoms with Crippen LogP contribution in [-0.2, 0) is 14.3 Å². The van der Waals surface area contributed by atoms with Crippen LogP contribution in [0.3, 0.4) is 0 Å². The van der Waals surface area contributed by atoms with E-state index in [-0.39, 0.29) is 0 Å². The molecule has 0 bridgehead atoms. The van der Waals surface area contributed by atoms with Crippen molar-refractivity contribution in [3.8, 4) is 0 Å². The molecule has 0 rings (SSSR count). The summed E-state index contributed by atoms with van der Waals surface area (Å²) in [6, 6.07) is 0. The van der Waals surface area contributed by atoms with Gasteiger partial charge in [0.15, 0.2) is 0 Å². The monoisotopic (exact) mass is 164 g/mol. The molecule has 0 spiro atoms. The lowest BCUT2D eigenvalue weighted by Gasteiger charge is -2.15. The van der Waals surface area contributed by atoms with Crippen molar-refractivity contribution < 1.29 is 29.6 Å². The van der Waals surface area contributed by atoms with Crippen molar-refractivity contribution in [2.45, 2.75) is 12.2 Å². The Labute approximate surface area is 62.0 Å². The van der Waals surface area contributed by atoms with E-state index in [4.69, 9.17) is 15.3 Å². The number of hydrogen-bond donors (Lipinski definition) is 3. The van der Waals surface area contributed by atoms with E-state index in [0.717, 1.165) is 7.11 Å². The Balaban J connectivity index is 4.21. The minimum absolute atomic E-state index is 0.922. The number of carbonyl (C=O) groups is 2. The Kier molecular flexibility index (Phi) is 2.97. The van der Waals surface area contributed by atoms with E-state index in [0.29, 0.717) is 0 Å². The number of carbonyl (C=O) groups excluding carboxylic acids is 1. The van der Waals surface area contributed by atoms with E-state index >= 15 is 0 Å². The van der Waals surface area contributed by atoms with Gasteiger partial charge in [0.05, 0.1) is 7.11 Å². The zero-order chi connectivity index (χ0) is 9.07. The summed E-state index contributed by atoms with van der Waals surface area (Å²) in [6.07, 6.45) is -1.10. The van der Waals surface area contributed by atoms with Crippen LogP contribution in [-0.4, -0.2) is 40.2 Å². The number of methoxy groups -OCH3 is 1. The summed E-state index contributed by atoms with van der Waals surface area (Å²) >= 11 is 0. The number of ether oxygens (including phenoxy) is 1. The second-order valence-corrected chi connectivity index (χ2v) is 1.88. The summed E-state index contributed by atoms with van der Waals surface area (Å²) in [6.45, 7) is 0. The lowest BCUT2D eigenvalue weighted by Crippen LogP contribution is -2.41. The number of carboxylic acid groups (broad SMARTS) is 1. The van der Waals surface area contributed by atoms with Gasteiger partial charge >= 0.3 is 11.9 Å². The van der Waals surface area contributed by atoms with Gasteiger partial charge in [-0.15, -0.1) is 0 Å². The Morgan fingerprint density at radius 2 is 1.91 bits per heavy atom. The molecule has 6 nitrogen and oxygen atoms in total. The van der Waals surface area contributed by atoms with Crippen molar-refractivity contribution in [1.29, 1.82) is 0 Å². The van der Waals surface area contributed by atoms with Crippen molar-refractivity contribution in [1.82, 2.24) is 0 Å². The molecule has 3 N–H and O–H groups in total. The molecular weight excluding hydrogens is 156 g/mol. The first-order valence-corrected chi connectivity index (χ1v) is 2.65. The van der Waals surface area contributed by atoms with Gasteiger partial charge in [-0.25, -0.2) is 4.79 Å². The number of rotatable bonds is 3. The Hall–Kier alpha value is -1.14. The number of aliphatic carboxylic acids is 1. The smallest absolute Gasteiger partial charge is 0.366 e. The fourth-order valence-corrected chi connectivity index (χ4v) is 0.446. The van der Waals surface area contributed by atoms with Gasteiger partial charge < -0.3 is 20.1 Å². The van der Waals surface area contributed by atoms with E-state index < -0.39 is 24.1 Å². The fourth-order valence-electron chi connectivity index (χ4n) is 0.446. The summed E-state index contributed by atoms with van der Waals surface area (Å²) in [7, 11) is 0.922. The van der Waals surface area contributed by atoms with E-state index in [1.807, 2.05) is 0 Å². The largest absolute Gasteiger partial charge is 0.481 e. The van der Waals surface area contributed by atoms with E-state index in [1.54, 1.807) is 0 Å². The second-order valence-electron chi connectivity index (χ2n) is 1.88. The van der Waals surface area contributed by atoms with Gasteiger partial charge in [-0.2, -0.15) is 0 Å². The number of hydrogen-bond acceptors (Lipinski definition) is 5. The molecule has 0 aromatic carbocycles. The third-order valence-electron chi connectivity index (χ3n) is 0.910. The molecule has 0 aliphatic carbocycles. The van der Waals surface area contributed by atoms with Crippen LogP contribution in [0.25, 0.3) is 0 Å². The highest BCUT2D eigenvalue weighted by Gasteiger charge is 2.37. The highest BCUT2D eigenvalue weighted by atomic mass is 16.6. The maximum absolute atomic E-state index is 10.4. The molecule has 11 heavy (non-hydrogen) atoms. The molecule has 64 valence electrons. The first-order chi connectivity index (χ1) is 4.90. The van der Waals surface area contributed by atoms with Crippen molar-refractivity contribution in [2.24, 2.45) is 0 Å². The van der Waals surface area contributed by atoms with Crippen molar-refractivity contribution in [3.05, 3.63) is 0 Å². The molecule has 0 saturated carbocycles. The van der Waals surface area contributed by atoms with Crippen LogP contribution in [0.5, 0.6) is 0 Å². The number of carboxylic acids is 1. The van der Waals surface area contributed by atoms with Crippen molar-refractivity contribution >= 4 is 11.9 Å². The summed E-state index contributed by atoms with van der Waals surface area (Å²) in [5.41, 5.74) is 0. The minimum atomic E-state index is -2.93. The second kappa shape index (κ2) is 3.31. The maximum Gasteiger partial charge on any atom is 0.366 e. The van der Waals surface area contributed by atoms with Crippen molar-refractivity contribution in [2.75, 3.05) is 7.11 Å². The average Bonchev–Trinajstić information content (AvgIpc) is 1.83. The molecule has 0 aliphatic rings. The molecule has 0 fully saturated rings. The predicted octanol–water partition coefficient (Wildman–Crippen LogP) is -1.68. The van der Waals surface area contributed by atoms with Crippen LogP contribution < -0.4 is 0 Å². The molecule has 0 heterocycles. The summed E-state index contributed by atoms with van der Waals surface area (Å²) < 4.78 is 3.91. The third kappa shape index (κ3) is 2.96. The Morgan fingerprint density at radius 1 is 1.45 bits per heavy atom. The van der Waals surface area contributed by atoms with Gasteiger partial charge in [-0.3, -0.25) is 4.79 Å². The highest BCUT2D eigenvalue weighted by Crippen LogP contribution is 2.06. The van der Waals surface area contributed by atoms with Gasteiger partial charge in [0.1, 0.15) is 6.42 Å². The van der Waals surface area contributed by atoms with Crippen LogP contribution in [0, 0.1) is 0 Å². The van der Waals surface area contributed by atoms with Gasteiger partial charge in [-0.1, -0.05) is 0 Å². The summed E-state index contributed by atoms with van der Waals surface area (Å²) in [5, 5.41) is 25.4. The van der Waals surface area contributed by atoms with Crippen LogP contribution in [0.1, 0.15) is 6.42 Å². The zero-order valence-electron chi connectivity index (χ0n) is 5.77. The van der Waals surface area contributed by atoms with E-state index in [1.165, 1.54) is 0 Å². The number of aliphatic hydroxyl groups is 2. The standard InChI is InChI=1S/C5H8O6/c1-11-4(8)5(9,10)2-3(6)7/h9-10H,2H2,1H3,(H,6,7). The fraction of sp³-hybridized carbons (Fsp3) is 0.600. The first-order valence-electron chi connectivity index (χ1n) is 2.65. The maximum atomic E-state index is 10.4. The predicted molar refractivity (Wildman–Crippen MR) is 31.4 cm³/mol. The number of esters is 1. The molecule has 0 aliphatic heterocycles. The Morgan fingerprint density at radius 3 is 2.18 bits per heavy atom. The molecule has 6 heteroatoms. The SMILES string of the molecule is COC(=O)C(O)(O)CC(=O)O. The normalized spacial score (nSPS) is 10.8. The van der Waals surface area contributed by atoms with E-state index in [2.05, 4.69) is 4.74 Å². The molecule has 0 unspecified atom stereocenters. The zero-order valence-corrected chi connectivity index (χ0v) is 5.77. The average molecular weight is 164 g/mol. The van der Waals surface area contributed by atoms with Gasteiger partial charge in [-0.05, 0) is 0 Å². The summed E-state index contributed by atoms with van der Waals surface area (Å²) in [5.74, 6) is -5.82. The summed E-state index contributed by atoms with van der Waals surface area (Å²) in [4.78, 5) is 20.3. The van der Waals surface area contributed by atoms with E-state index in [9.17, 15) is 9.59 Å². The molecule has 0 amide bonds. The van der Waals surface area contributed by atoms with Gasteiger partial charge in [0.2, 0.25) is 0 Å². The van der Waals surface area contributed by atoms with Gasteiger partial charge in [0, 0.05) is 0 Å². The van der Waals surface area contributed by atoms with Crippen LogP contribution in [0.2, 0.25) is 0 Å². The molecule has 0 atom stereocenters. The lowest BCUT2D eigenvalue weighted by molar-refractivity contribution is -0.211. The highest BCUT2D eigenvalue weighted by molar-refractivity contribution is 5.83. The van der Waals surface area contributed by atoms with Gasteiger partial charge in [0.25, 0.3) is 5.79 Å². The molecule has 0 aromatic heterocycles. The lowest BCUT2D eigenvalue weighted by atomic mass is 10.2. The molecule has 0 aromatic rings. The van der Waals surface area contributed by atoms with Crippen LogP contribution in [0.15, 0.2) is 0 Å². The van der Waals surface area contributed by atoms with Crippen LogP contribution >= 0.6 is 0 Å². The Bertz CT molecular complexity index is 172. The first kappa shape index (κ1) is 9.86. The molecule has 0 radical (unpaired) electrons. The quantitative estimate of drug-likeness (QED) is 0.340. The molecule has 0 saturated heterocycles. The third-order valence-corrected chi connectivity index (χ3v) is 0.910. The molecular formula is C5H8O6. The minimum Gasteiger partial charge on any atom is -0.481 e.